The zero-order valence-corrected chi connectivity index (χ0v) is 12.0. The number of halogens is 1. The van der Waals surface area contributed by atoms with Crippen LogP contribution < -0.4 is 5.69 Å². The number of hydrogen-bond acceptors (Lipinski definition) is 5. The van der Waals surface area contributed by atoms with Crippen LogP contribution in [-0.2, 0) is 9.84 Å². The highest BCUT2D eigenvalue weighted by molar-refractivity contribution is 9.10. The van der Waals surface area contributed by atoms with Gasteiger partial charge in [-0.25, -0.2) is 17.9 Å². The molecule has 1 aromatic rings. The second-order valence-corrected chi connectivity index (χ2v) is 8.23. The minimum atomic E-state index is -2.94. The van der Waals surface area contributed by atoms with Crippen LogP contribution in [0.4, 0.5) is 0 Å². The normalized spacial score (nSPS) is 24.3. The van der Waals surface area contributed by atoms with Crippen molar-refractivity contribution in [2.75, 3.05) is 23.0 Å². The topological polar surface area (TPSA) is 74.0 Å². The van der Waals surface area contributed by atoms with Gasteiger partial charge in [-0.05, 0) is 15.9 Å². The van der Waals surface area contributed by atoms with Gasteiger partial charge in [0.1, 0.15) is 0 Å². The quantitative estimate of drug-likeness (QED) is 0.762. The minimum absolute atomic E-state index is 0.0236. The molecular weight excluding hydrogens is 330 g/mol. The summed E-state index contributed by atoms with van der Waals surface area (Å²) in [6.45, 7) is 0. The van der Waals surface area contributed by atoms with Crippen molar-refractivity contribution in [3.8, 4) is 0 Å². The molecule has 0 N–H and O–H groups in total. The first kappa shape index (κ1) is 11.8. The highest BCUT2D eigenvalue weighted by Gasteiger charge is 2.38. The van der Waals surface area contributed by atoms with Gasteiger partial charge in [0, 0.05) is 11.5 Å². The van der Waals surface area contributed by atoms with Gasteiger partial charge in [-0.2, -0.15) is 11.8 Å². The van der Waals surface area contributed by atoms with E-state index in [2.05, 4.69) is 21.0 Å². The van der Waals surface area contributed by atoms with Crippen molar-refractivity contribution in [1.82, 2.24) is 14.3 Å². The molecule has 6 nitrogen and oxygen atoms in total. The number of nitrogens with zero attached hydrogens (tertiary/aromatic N) is 3. The molecule has 2 saturated heterocycles. The third-order valence-electron chi connectivity index (χ3n) is 3.02. The number of thioether (sulfide) groups is 1. The molecule has 94 valence electrons. The molecule has 0 amide bonds. The lowest BCUT2D eigenvalue weighted by Gasteiger charge is -2.26. The fraction of sp³-hybridized carbons (Fsp3) is 0.750. The Morgan fingerprint density at radius 1 is 1.29 bits per heavy atom. The minimum Gasteiger partial charge on any atom is -0.265 e. The van der Waals surface area contributed by atoms with Crippen LogP contribution in [0.5, 0.6) is 0 Å². The Hall–Kier alpha value is -0.280. The molecule has 0 bridgehead atoms. The van der Waals surface area contributed by atoms with E-state index in [4.69, 9.17) is 0 Å². The Balaban J connectivity index is 1.94. The standard InChI is InChI=1S/C8H10BrN3O3S2/c9-7-10-12(6-3-17(14,15)4-6)8(13)11(7)5-1-16-2-5/h5-6H,1-4H2. The molecule has 0 spiro atoms. The second kappa shape index (κ2) is 3.86. The summed E-state index contributed by atoms with van der Waals surface area (Å²) in [7, 11) is -2.94. The molecule has 0 atom stereocenters. The third kappa shape index (κ3) is 1.88. The Kier molecular flexibility index (Phi) is 2.67. The molecule has 1 aromatic heterocycles. The Bertz CT molecular complexity index is 604. The third-order valence-corrected chi connectivity index (χ3v) is 6.58. The van der Waals surface area contributed by atoms with E-state index in [-0.39, 0.29) is 29.3 Å². The van der Waals surface area contributed by atoms with Crippen molar-refractivity contribution in [3.63, 3.8) is 0 Å². The second-order valence-electron chi connectivity index (χ2n) is 4.29. The number of aromatic nitrogens is 3. The molecule has 0 radical (unpaired) electrons. The van der Waals surface area contributed by atoms with Gasteiger partial charge in [0.05, 0.1) is 23.6 Å². The summed E-state index contributed by atoms with van der Waals surface area (Å²) in [6, 6.07) is -0.106. The monoisotopic (exact) mass is 339 g/mol. The van der Waals surface area contributed by atoms with E-state index >= 15 is 0 Å². The summed E-state index contributed by atoms with van der Waals surface area (Å²) in [4.78, 5) is 12.1. The first-order valence-electron chi connectivity index (χ1n) is 5.12. The summed E-state index contributed by atoms with van der Waals surface area (Å²) in [5, 5.41) is 4.11. The molecule has 2 fully saturated rings. The van der Waals surface area contributed by atoms with Crippen LogP contribution in [0.1, 0.15) is 12.1 Å². The van der Waals surface area contributed by atoms with E-state index in [9.17, 15) is 13.2 Å². The fourth-order valence-corrected chi connectivity index (χ4v) is 4.68. The maximum Gasteiger partial charge on any atom is 0.347 e. The van der Waals surface area contributed by atoms with Gasteiger partial charge in [-0.15, -0.1) is 5.10 Å². The average Bonchev–Trinajstić information content (AvgIpc) is 2.39. The van der Waals surface area contributed by atoms with Gasteiger partial charge in [0.15, 0.2) is 9.84 Å². The maximum atomic E-state index is 12.1. The van der Waals surface area contributed by atoms with Crippen molar-refractivity contribution in [2.45, 2.75) is 12.1 Å². The first-order chi connectivity index (χ1) is 7.98. The van der Waals surface area contributed by atoms with Gasteiger partial charge in [0.25, 0.3) is 0 Å². The molecule has 0 unspecified atom stereocenters. The zero-order chi connectivity index (χ0) is 12.2. The Morgan fingerprint density at radius 2 is 1.94 bits per heavy atom. The van der Waals surface area contributed by atoms with E-state index in [1.807, 2.05) is 0 Å². The highest BCUT2D eigenvalue weighted by Crippen LogP contribution is 2.30. The molecule has 0 aromatic carbocycles. The van der Waals surface area contributed by atoms with Crippen molar-refractivity contribution < 1.29 is 8.42 Å². The van der Waals surface area contributed by atoms with Gasteiger partial charge < -0.3 is 0 Å². The fourth-order valence-electron chi connectivity index (χ4n) is 1.96. The summed E-state index contributed by atoms with van der Waals surface area (Å²) in [5.74, 6) is 1.87. The lowest BCUT2D eigenvalue weighted by Crippen LogP contribution is -2.44. The summed E-state index contributed by atoms with van der Waals surface area (Å²) in [6.07, 6.45) is 0. The smallest absolute Gasteiger partial charge is 0.265 e. The molecule has 0 saturated carbocycles. The van der Waals surface area contributed by atoms with Crippen molar-refractivity contribution in [2.24, 2.45) is 0 Å². The zero-order valence-electron chi connectivity index (χ0n) is 8.74. The van der Waals surface area contributed by atoms with Gasteiger partial charge >= 0.3 is 5.69 Å². The number of hydrogen-bond donors (Lipinski definition) is 0. The van der Waals surface area contributed by atoms with Crippen LogP contribution in [0, 0.1) is 0 Å². The Morgan fingerprint density at radius 3 is 2.41 bits per heavy atom. The average molecular weight is 340 g/mol. The van der Waals surface area contributed by atoms with Crippen molar-refractivity contribution in [3.05, 3.63) is 15.2 Å². The largest absolute Gasteiger partial charge is 0.347 e. The van der Waals surface area contributed by atoms with E-state index in [0.29, 0.717) is 4.73 Å². The number of sulfone groups is 1. The van der Waals surface area contributed by atoms with Crippen molar-refractivity contribution in [1.29, 1.82) is 0 Å². The van der Waals surface area contributed by atoms with Crippen LogP contribution in [0.25, 0.3) is 0 Å². The van der Waals surface area contributed by atoms with Crippen LogP contribution in [0.15, 0.2) is 9.53 Å². The summed E-state index contributed by atoms with van der Waals surface area (Å²) >= 11 is 5.05. The molecule has 2 aliphatic rings. The van der Waals surface area contributed by atoms with E-state index < -0.39 is 9.84 Å². The molecule has 0 aliphatic carbocycles. The molecular formula is C8H10BrN3O3S2. The van der Waals surface area contributed by atoms with E-state index in [1.165, 1.54) is 4.68 Å². The van der Waals surface area contributed by atoms with E-state index in [0.717, 1.165) is 11.5 Å². The van der Waals surface area contributed by atoms with Gasteiger partial charge in [-0.3, -0.25) is 4.57 Å². The van der Waals surface area contributed by atoms with Crippen LogP contribution in [0.2, 0.25) is 0 Å². The molecule has 17 heavy (non-hydrogen) atoms. The lowest BCUT2D eigenvalue weighted by atomic mass is 10.3. The maximum absolute atomic E-state index is 12.1. The van der Waals surface area contributed by atoms with Crippen LogP contribution >= 0.6 is 27.7 Å². The summed E-state index contributed by atoms with van der Waals surface area (Å²) < 4.78 is 25.6. The molecule has 9 heteroatoms. The van der Waals surface area contributed by atoms with Crippen LogP contribution in [0.3, 0.4) is 0 Å². The highest BCUT2D eigenvalue weighted by atomic mass is 79.9. The predicted octanol–water partition coefficient (Wildman–Crippen LogP) is 0.0647. The van der Waals surface area contributed by atoms with Gasteiger partial charge in [-0.1, -0.05) is 0 Å². The SMILES string of the molecule is O=c1n(C2CS(=O)(=O)C2)nc(Br)n1C1CSC1. The van der Waals surface area contributed by atoms with E-state index in [1.54, 1.807) is 16.3 Å². The summed E-state index contributed by atoms with van der Waals surface area (Å²) in [5.41, 5.74) is -0.206. The lowest BCUT2D eigenvalue weighted by molar-refractivity contribution is 0.451. The Labute approximate surface area is 110 Å². The van der Waals surface area contributed by atoms with Gasteiger partial charge in [0.2, 0.25) is 4.73 Å². The van der Waals surface area contributed by atoms with Crippen LogP contribution in [-0.4, -0.2) is 45.8 Å². The molecule has 3 rings (SSSR count). The molecule has 3 heterocycles. The first-order valence-corrected chi connectivity index (χ1v) is 8.89. The number of rotatable bonds is 2. The van der Waals surface area contributed by atoms with Crippen molar-refractivity contribution >= 4 is 37.5 Å². The predicted molar refractivity (Wildman–Crippen MR) is 68.2 cm³/mol. The molecule has 2 aliphatic heterocycles.